The van der Waals surface area contributed by atoms with Crippen molar-refractivity contribution >= 4 is 5.71 Å². The minimum Gasteiger partial charge on any atom is -0.411 e. The number of hydrogen-bond donors (Lipinski definition) is 3. The molecule has 1 saturated carbocycles. The molecule has 0 bridgehead atoms. The van der Waals surface area contributed by atoms with E-state index in [0.717, 1.165) is 32.1 Å². The highest BCUT2D eigenvalue weighted by atomic mass is 16.5. The molecule has 0 aromatic carbocycles. The van der Waals surface area contributed by atoms with Crippen molar-refractivity contribution in [1.82, 2.24) is 5.48 Å². The van der Waals surface area contributed by atoms with Gasteiger partial charge in [0.05, 0.1) is 11.8 Å². The predicted octanol–water partition coefficient (Wildman–Crippen LogP) is 1.13. The highest BCUT2D eigenvalue weighted by Crippen LogP contribution is 2.15. The summed E-state index contributed by atoms with van der Waals surface area (Å²) in [6.07, 6.45) is 4.93. The molecule has 1 atom stereocenters. The van der Waals surface area contributed by atoms with Gasteiger partial charge in [0, 0.05) is 0 Å². The molecule has 0 unspecified atom stereocenters. The number of nitrogens with zero attached hydrogens (tertiary/aromatic N) is 1. The van der Waals surface area contributed by atoms with Crippen LogP contribution in [0.4, 0.5) is 0 Å². The summed E-state index contributed by atoms with van der Waals surface area (Å²) >= 11 is 0. The maximum absolute atomic E-state index is 8.68. The fraction of sp³-hybridized carbons (Fsp3) is 0.857. The second-order valence-corrected chi connectivity index (χ2v) is 2.87. The number of hydrogen-bond acceptors (Lipinski definition) is 4. The largest absolute Gasteiger partial charge is 0.411 e. The molecule has 11 heavy (non-hydrogen) atoms. The van der Waals surface area contributed by atoms with E-state index in [-0.39, 0.29) is 6.04 Å². The van der Waals surface area contributed by atoms with Gasteiger partial charge in [-0.1, -0.05) is 18.0 Å². The minimum absolute atomic E-state index is 0.137. The molecular formula is C7H14N2O2. The lowest BCUT2D eigenvalue weighted by Gasteiger charge is -2.11. The van der Waals surface area contributed by atoms with E-state index < -0.39 is 0 Å². The van der Waals surface area contributed by atoms with Crippen molar-refractivity contribution < 1.29 is 10.4 Å². The SMILES string of the molecule is O/N=C1\CCCCC[C@@H]1NO. The van der Waals surface area contributed by atoms with Gasteiger partial charge >= 0.3 is 0 Å². The molecule has 4 nitrogen and oxygen atoms in total. The summed E-state index contributed by atoms with van der Waals surface area (Å²) in [6.45, 7) is 0. The number of oxime groups is 1. The Morgan fingerprint density at radius 1 is 1.36 bits per heavy atom. The molecule has 0 heterocycles. The smallest absolute Gasteiger partial charge is 0.0763 e. The average Bonchev–Trinajstić information content (AvgIpc) is 2.27. The van der Waals surface area contributed by atoms with Crippen molar-refractivity contribution in [3.8, 4) is 0 Å². The van der Waals surface area contributed by atoms with Crippen LogP contribution in [0.25, 0.3) is 0 Å². The van der Waals surface area contributed by atoms with Crippen molar-refractivity contribution in [2.75, 3.05) is 0 Å². The van der Waals surface area contributed by atoms with Gasteiger partial charge in [-0.3, -0.25) is 0 Å². The van der Waals surface area contributed by atoms with E-state index in [1.807, 2.05) is 0 Å². The van der Waals surface area contributed by atoms with Gasteiger partial charge in [0.15, 0.2) is 0 Å². The maximum atomic E-state index is 8.68. The van der Waals surface area contributed by atoms with E-state index in [1.54, 1.807) is 0 Å². The lowest BCUT2D eigenvalue weighted by molar-refractivity contribution is 0.144. The topological polar surface area (TPSA) is 64.9 Å². The molecule has 1 aliphatic carbocycles. The van der Waals surface area contributed by atoms with Crippen LogP contribution in [0.3, 0.4) is 0 Å². The third kappa shape index (κ3) is 2.17. The van der Waals surface area contributed by atoms with Crippen LogP contribution in [-0.2, 0) is 0 Å². The van der Waals surface area contributed by atoms with Crippen LogP contribution in [0.5, 0.6) is 0 Å². The Bertz CT molecular complexity index is 147. The van der Waals surface area contributed by atoms with Crippen LogP contribution in [-0.4, -0.2) is 22.2 Å². The Balaban J connectivity index is 2.55. The van der Waals surface area contributed by atoms with E-state index in [4.69, 9.17) is 10.4 Å². The molecule has 1 rings (SSSR count). The number of hydroxylamine groups is 1. The van der Waals surface area contributed by atoms with Gasteiger partial charge in [-0.25, -0.2) is 0 Å². The average molecular weight is 158 g/mol. The van der Waals surface area contributed by atoms with Crippen LogP contribution in [0, 0.1) is 0 Å². The summed E-state index contributed by atoms with van der Waals surface area (Å²) in [4.78, 5) is 0. The van der Waals surface area contributed by atoms with Gasteiger partial charge in [-0.2, -0.15) is 5.48 Å². The first-order valence-corrected chi connectivity index (χ1v) is 3.99. The quantitative estimate of drug-likeness (QED) is 0.304. The molecule has 4 heteroatoms. The summed E-state index contributed by atoms with van der Waals surface area (Å²) in [5.41, 5.74) is 2.83. The minimum atomic E-state index is -0.137. The summed E-state index contributed by atoms with van der Waals surface area (Å²) in [5.74, 6) is 0. The van der Waals surface area contributed by atoms with Gasteiger partial charge in [-0.05, 0) is 19.3 Å². The monoisotopic (exact) mass is 158 g/mol. The molecule has 0 amide bonds. The molecule has 1 aliphatic rings. The van der Waals surface area contributed by atoms with Crippen LogP contribution in [0.15, 0.2) is 5.16 Å². The zero-order valence-corrected chi connectivity index (χ0v) is 6.45. The molecule has 64 valence electrons. The van der Waals surface area contributed by atoms with Gasteiger partial charge in [-0.15, -0.1) is 0 Å². The molecule has 0 aromatic rings. The lowest BCUT2D eigenvalue weighted by atomic mass is 10.1. The molecule has 0 aromatic heterocycles. The van der Waals surface area contributed by atoms with Gasteiger partial charge < -0.3 is 10.4 Å². The Kier molecular flexibility index (Phi) is 3.32. The molecule has 0 spiro atoms. The highest BCUT2D eigenvalue weighted by Gasteiger charge is 2.17. The van der Waals surface area contributed by atoms with E-state index in [2.05, 4.69) is 10.6 Å². The van der Waals surface area contributed by atoms with Gasteiger partial charge in [0.1, 0.15) is 0 Å². The van der Waals surface area contributed by atoms with Crippen LogP contribution < -0.4 is 5.48 Å². The van der Waals surface area contributed by atoms with E-state index in [9.17, 15) is 0 Å². The number of rotatable bonds is 1. The zero-order valence-electron chi connectivity index (χ0n) is 6.45. The fourth-order valence-electron chi connectivity index (χ4n) is 1.43. The van der Waals surface area contributed by atoms with Crippen LogP contribution >= 0.6 is 0 Å². The second kappa shape index (κ2) is 4.31. The summed E-state index contributed by atoms with van der Waals surface area (Å²) in [7, 11) is 0. The fourth-order valence-corrected chi connectivity index (χ4v) is 1.43. The van der Waals surface area contributed by atoms with Crippen LogP contribution in [0.1, 0.15) is 32.1 Å². The molecule has 1 fully saturated rings. The second-order valence-electron chi connectivity index (χ2n) is 2.87. The normalized spacial score (nSPS) is 30.3. The first kappa shape index (κ1) is 8.49. The first-order chi connectivity index (χ1) is 5.38. The highest BCUT2D eigenvalue weighted by molar-refractivity contribution is 5.89. The molecule has 0 radical (unpaired) electrons. The number of nitrogens with one attached hydrogen (secondary N) is 1. The summed E-state index contributed by atoms with van der Waals surface area (Å²) in [6, 6.07) is -0.137. The Morgan fingerprint density at radius 2 is 2.18 bits per heavy atom. The maximum Gasteiger partial charge on any atom is 0.0763 e. The predicted molar refractivity (Wildman–Crippen MR) is 41.0 cm³/mol. The van der Waals surface area contributed by atoms with Crippen molar-refractivity contribution in [2.45, 2.75) is 38.1 Å². The van der Waals surface area contributed by atoms with Gasteiger partial charge in [0.25, 0.3) is 0 Å². The van der Waals surface area contributed by atoms with E-state index in [0.29, 0.717) is 5.71 Å². The van der Waals surface area contributed by atoms with Crippen LogP contribution in [0.2, 0.25) is 0 Å². The lowest BCUT2D eigenvalue weighted by Crippen LogP contribution is -2.33. The molecule has 0 saturated heterocycles. The third-order valence-electron chi connectivity index (χ3n) is 2.11. The first-order valence-electron chi connectivity index (χ1n) is 3.99. The van der Waals surface area contributed by atoms with Crippen molar-refractivity contribution in [1.29, 1.82) is 0 Å². The van der Waals surface area contributed by atoms with Crippen molar-refractivity contribution in [3.63, 3.8) is 0 Å². The van der Waals surface area contributed by atoms with E-state index in [1.165, 1.54) is 0 Å². The standard InChI is InChI=1S/C7H14N2O2/c10-8-6-4-2-1-3-5-7(6)9-11/h6,8,10-11H,1-5H2/b9-7+/t6-/m0/s1. The van der Waals surface area contributed by atoms with Gasteiger partial charge in [0.2, 0.25) is 0 Å². The Morgan fingerprint density at radius 3 is 2.82 bits per heavy atom. The molecular weight excluding hydrogens is 144 g/mol. The molecule has 0 aliphatic heterocycles. The van der Waals surface area contributed by atoms with E-state index >= 15 is 0 Å². The zero-order chi connectivity index (χ0) is 8.10. The Hall–Kier alpha value is -0.610. The summed E-state index contributed by atoms with van der Waals surface area (Å²) in [5, 5.41) is 20.4. The van der Waals surface area contributed by atoms with Crippen molar-refractivity contribution in [3.05, 3.63) is 0 Å². The molecule has 3 N–H and O–H groups in total. The third-order valence-corrected chi connectivity index (χ3v) is 2.11. The Labute approximate surface area is 65.9 Å². The van der Waals surface area contributed by atoms with Crippen molar-refractivity contribution in [2.24, 2.45) is 5.16 Å². The summed E-state index contributed by atoms with van der Waals surface area (Å²) < 4.78 is 0.